The number of benzene rings is 2. The molecule has 0 radical (unpaired) electrons. The van der Waals surface area contributed by atoms with Crippen LogP contribution in [0.3, 0.4) is 0 Å². The van der Waals surface area contributed by atoms with Crippen LogP contribution >= 0.6 is 0 Å². The average Bonchev–Trinajstić information content (AvgIpc) is 2.27. The standard InChI is InChI=1S/C15H18N4O4.C12H25N5O3.C9H11NO2.C6H9N3O2.C6H13NO2.C5H9NO2.C5H11NO2/c16-12(14(20)21)5-9-1-3-11(4-2-9)23-15(22)13(17)6-10-7-18-8-19-10;1-3-7(2)9(14)11(19)20-10(18)8(13)5-4-6-17-12(15)16;10-8(9(11)12)6-7-4-2-1-3-5-7;7-5(6(10)11)1-4-2-8-3-9-4;1-4(2)3-5(7)6(8)9;7-5(8)4-2-1-3-6-4;1-3(2)4(6)5(7)8/h1-4,7-8,12-13H,5-6,16-17H2,(H,18,19)(H,20,21);7-9H,3-6,13-14H2,1-2H3,(H4,15,16,17);1-5,8H,6,10H2,(H,11,12);2-3,5H,1,7H2,(H,8,9)(H,10,11);4-5H,3,7H2,1-2H3,(H,8,9);4,6H,1-3H2,(H,7,8);3-4H,6H2,1-2H3,(H,7,8)/t12-,13-;7-,8-,9-;8-;2*5-;2*4-/m0000000/s1. The summed E-state index contributed by atoms with van der Waals surface area (Å²) in [7, 11) is 0. The van der Waals surface area contributed by atoms with Crippen molar-refractivity contribution in [2.24, 2.45) is 80.1 Å². The first-order valence-corrected chi connectivity index (χ1v) is 28.8. The van der Waals surface area contributed by atoms with Gasteiger partial charge in [0.2, 0.25) is 0 Å². The van der Waals surface area contributed by atoms with Gasteiger partial charge in [-0.25, -0.2) is 24.4 Å². The Morgan fingerprint density at radius 3 is 1.41 bits per heavy atom. The van der Waals surface area contributed by atoms with Crippen molar-refractivity contribution in [1.29, 1.82) is 0 Å². The van der Waals surface area contributed by atoms with E-state index in [-0.39, 0.29) is 36.7 Å². The van der Waals surface area contributed by atoms with Crippen molar-refractivity contribution < 1.29 is 83.3 Å². The number of ether oxygens (including phenoxy) is 2. The Kier molecular flexibility index (Phi) is 43.7. The van der Waals surface area contributed by atoms with E-state index in [4.69, 9.17) is 92.7 Å². The highest BCUT2D eigenvalue weighted by molar-refractivity contribution is 5.90. The molecule has 0 spiro atoms. The number of nitrogens with two attached hydrogens (primary N) is 10. The van der Waals surface area contributed by atoms with Crippen molar-refractivity contribution in [2.75, 3.05) is 13.1 Å². The van der Waals surface area contributed by atoms with Crippen LogP contribution in [0.25, 0.3) is 0 Å². The summed E-state index contributed by atoms with van der Waals surface area (Å²) in [6.07, 6.45) is 11.2. The van der Waals surface area contributed by atoms with Crippen LogP contribution in [0.4, 0.5) is 0 Å². The minimum atomic E-state index is -1.06. The number of esters is 3. The Balaban J connectivity index is 0. The van der Waals surface area contributed by atoms with Gasteiger partial charge in [0.25, 0.3) is 0 Å². The Morgan fingerprint density at radius 1 is 0.582 bits per heavy atom. The molecule has 33 nitrogen and oxygen atoms in total. The second kappa shape index (κ2) is 47.2. The summed E-state index contributed by atoms with van der Waals surface area (Å²) in [5.41, 5.74) is 57.0. The van der Waals surface area contributed by atoms with Crippen LogP contribution in [0.1, 0.15) is 103 Å². The Bertz CT molecular complexity index is 2740. The lowest BCUT2D eigenvalue weighted by Crippen LogP contribution is -2.42. The van der Waals surface area contributed by atoms with E-state index in [1.165, 1.54) is 12.7 Å². The number of hydrogen-bond donors (Lipinski definition) is 19. The number of H-pyrrole nitrogens is 2. The number of carbonyl (C=O) groups excluding carboxylic acids is 3. The van der Waals surface area contributed by atoms with Gasteiger partial charge < -0.3 is 113 Å². The summed E-state index contributed by atoms with van der Waals surface area (Å²) in [6, 6.07) is 9.00. The number of carboxylic acids is 6. The Morgan fingerprint density at radius 2 is 1.05 bits per heavy atom. The fourth-order valence-corrected chi connectivity index (χ4v) is 6.77. The number of rotatable bonds is 27. The van der Waals surface area contributed by atoms with E-state index in [0.29, 0.717) is 50.3 Å². The number of imidazole rings is 2. The zero-order valence-electron chi connectivity index (χ0n) is 52.2. The van der Waals surface area contributed by atoms with E-state index >= 15 is 0 Å². The predicted molar refractivity (Wildman–Crippen MR) is 336 cm³/mol. The number of aliphatic imine (C=N–C) groups is 1. The number of carbonyl (C=O) groups is 9. The maximum absolute atomic E-state index is 11.9. The first-order valence-electron chi connectivity index (χ1n) is 28.8. The van der Waals surface area contributed by atoms with Gasteiger partial charge in [0, 0.05) is 43.2 Å². The second-order valence-corrected chi connectivity index (χ2v) is 21.3. The number of aromatic amines is 2. The predicted octanol–water partition coefficient (Wildman–Crippen LogP) is -1.02. The highest BCUT2D eigenvalue weighted by Crippen LogP contribution is 2.15. The highest BCUT2D eigenvalue weighted by Gasteiger charge is 2.26. The molecule has 2 aromatic carbocycles. The van der Waals surface area contributed by atoms with Crippen molar-refractivity contribution in [2.45, 2.75) is 160 Å². The number of nitrogens with one attached hydrogen (secondary N) is 3. The molecule has 0 aliphatic carbocycles. The fourth-order valence-electron chi connectivity index (χ4n) is 6.77. The van der Waals surface area contributed by atoms with Crippen molar-refractivity contribution in [3.63, 3.8) is 0 Å². The van der Waals surface area contributed by atoms with E-state index in [0.717, 1.165) is 48.3 Å². The van der Waals surface area contributed by atoms with Gasteiger partial charge in [-0.15, -0.1) is 0 Å². The van der Waals surface area contributed by atoms with Gasteiger partial charge in [0.1, 0.15) is 60.1 Å². The lowest BCUT2D eigenvalue weighted by Gasteiger charge is -2.17. The van der Waals surface area contributed by atoms with Gasteiger partial charge in [-0.3, -0.25) is 33.8 Å². The van der Waals surface area contributed by atoms with Crippen LogP contribution in [0, 0.1) is 17.8 Å². The molecule has 4 aromatic rings. The Labute approximate surface area is 527 Å². The molecule has 91 heavy (non-hydrogen) atoms. The minimum absolute atomic E-state index is 0.0177. The molecule has 1 fully saturated rings. The second-order valence-electron chi connectivity index (χ2n) is 21.3. The van der Waals surface area contributed by atoms with Gasteiger partial charge in [0.05, 0.1) is 12.7 Å². The fraction of sp³-hybridized carbons (Fsp3) is 0.517. The number of guanidine groups is 1. The van der Waals surface area contributed by atoms with Crippen LogP contribution in [0.15, 0.2) is 84.6 Å². The molecule has 0 amide bonds. The molecule has 0 unspecified atom stereocenters. The molecule has 0 bridgehead atoms. The quantitative estimate of drug-likeness (QED) is 0.00848. The van der Waals surface area contributed by atoms with Gasteiger partial charge >= 0.3 is 53.7 Å². The first-order chi connectivity index (χ1) is 42.5. The molecule has 3 heterocycles. The lowest BCUT2D eigenvalue weighted by atomic mass is 10.0. The number of carboxylic acid groups (broad SMARTS) is 6. The van der Waals surface area contributed by atoms with Crippen LogP contribution in [0.5, 0.6) is 5.75 Å². The SMILES string of the molecule is CC(C)C[C@H](N)C(=O)O.CC(C)[C@H](N)C(=O)O.CC[C@H](C)[C@H](N)C(=O)OC(=O)[C@@H](N)CCCN=C(N)N.N[C@@H](Cc1ccc(OC(=O)[C@@H](N)Cc2cnc[nH]2)cc1)C(=O)O.N[C@@H](Cc1ccccc1)C(=O)O.N[C@@H](Cc1cnc[nH]1)C(=O)O.O=C(O)[C@@H]1CCCN1. The zero-order chi connectivity index (χ0) is 69.9. The molecular formula is C58H96N16O17. The topological polar surface area (TPSA) is 635 Å². The number of aromatic nitrogens is 4. The Hall–Kier alpha value is -8.80. The molecule has 1 aliphatic heterocycles. The van der Waals surface area contributed by atoms with E-state index in [1.807, 2.05) is 58.0 Å². The minimum Gasteiger partial charge on any atom is -0.480 e. The summed E-state index contributed by atoms with van der Waals surface area (Å²) in [6.45, 7) is 12.4. The summed E-state index contributed by atoms with van der Waals surface area (Å²) in [5.74, 6) is -7.04. The number of nitrogens with zero attached hydrogens (tertiary/aromatic N) is 3. The zero-order valence-corrected chi connectivity index (χ0v) is 52.2. The van der Waals surface area contributed by atoms with E-state index < -0.39 is 102 Å². The maximum atomic E-state index is 11.9. The molecule has 5 rings (SSSR count). The largest absolute Gasteiger partial charge is 0.480 e. The van der Waals surface area contributed by atoms with E-state index in [1.54, 1.807) is 50.5 Å². The van der Waals surface area contributed by atoms with Crippen molar-refractivity contribution >= 4 is 59.7 Å². The van der Waals surface area contributed by atoms with E-state index in [9.17, 15) is 43.2 Å². The third kappa shape index (κ3) is 41.2. The van der Waals surface area contributed by atoms with Gasteiger partial charge in [0.15, 0.2) is 5.96 Å². The van der Waals surface area contributed by atoms with Gasteiger partial charge in [-0.05, 0) is 92.5 Å². The van der Waals surface area contributed by atoms with Crippen LogP contribution in [-0.2, 0) is 73.6 Å². The average molecular weight is 1290 g/mol. The van der Waals surface area contributed by atoms with Crippen molar-refractivity contribution in [3.8, 4) is 5.75 Å². The molecule has 33 heteroatoms. The molecule has 2 aromatic heterocycles. The monoisotopic (exact) mass is 1290 g/mol. The van der Waals surface area contributed by atoms with Gasteiger partial charge in [-0.2, -0.15) is 0 Å². The molecule has 10 atom stereocenters. The molecule has 29 N–H and O–H groups in total. The van der Waals surface area contributed by atoms with Gasteiger partial charge in [-0.1, -0.05) is 90.4 Å². The summed E-state index contributed by atoms with van der Waals surface area (Å²) in [5, 5.41) is 53.4. The molecular weight excluding hydrogens is 1190 g/mol. The number of hydrogen-bond acceptors (Lipinski definition) is 23. The summed E-state index contributed by atoms with van der Waals surface area (Å²) in [4.78, 5) is 114. The summed E-state index contributed by atoms with van der Waals surface area (Å²) >= 11 is 0. The summed E-state index contributed by atoms with van der Waals surface area (Å²) < 4.78 is 9.85. The van der Waals surface area contributed by atoms with Crippen LogP contribution in [0.2, 0.25) is 0 Å². The molecule has 1 saturated heterocycles. The normalized spacial score (nSPS) is 14.9. The number of aliphatic carboxylic acids is 6. The maximum Gasteiger partial charge on any atom is 0.330 e. The van der Waals surface area contributed by atoms with Crippen LogP contribution in [-0.4, -0.2) is 178 Å². The molecule has 510 valence electrons. The highest BCUT2D eigenvalue weighted by atomic mass is 16.6. The molecule has 1 aliphatic rings. The third-order valence-corrected chi connectivity index (χ3v) is 12.5. The lowest BCUT2D eigenvalue weighted by molar-refractivity contribution is -0.162. The van der Waals surface area contributed by atoms with E-state index in [2.05, 4.69) is 35.0 Å². The smallest absolute Gasteiger partial charge is 0.330 e. The van der Waals surface area contributed by atoms with Crippen molar-refractivity contribution in [1.82, 2.24) is 25.3 Å². The molecule has 0 saturated carbocycles. The van der Waals surface area contributed by atoms with Crippen LogP contribution < -0.4 is 67.4 Å². The third-order valence-electron chi connectivity index (χ3n) is 12.5. The first kappa shape index (κ1) is 84.3. The van der Waals surface area contributed by atoms with Crippen molar-refractivity contribution in [3.05, 3.63) is 102 Å².